The average Bonchev–Trinajstić information content (AvgIpc) is 2.66. The third-order valence-electron chi connectivity index (χ3n) is 4.59. The number of benzene rings is 2. The highest BCUT2D eigenvalue weighted by atomic mass is 19.1. The number of ether oxygens (including phenoxy) is 1. The molecule has 1 aliphatic heterocycles. The Morgan fingerprint density at radius 1 is 1.19 bits per heavy atom. The molecule has 0 radical (unpaired) electrons. The molecule has 0 aromatic heterocycles. The summed E-state index contributed by atoms with van der Waals surface area (Å²) >= 11 is 0. The summed E-state index contributed by atoms with van der Waals surface area (Å²) in [7, 11) is 0. The fourth-order valence-corrected chi connectivity index (χ4v) is 3.25. The zero-order valence-corrected chi connectivity index (χ0v) is 15.3. The molecule has 1 saturated heterocycles. The monoisotopic (exact) mass is 376 g/mol. The molecule has 0 saturated carbocycles. The number of hydrogen-bond acceptors (Lipinski definition) is 3. The van der Waals surface area contributed by atoms with Crippen molar-refractivity contribution in [2.24, 2.45) is 0 Å². The van der Waals surface area contributed by atoms with Gasteiger partial charge in [-0.2, -0.15) is 0 Å². The van der Waals surface area contributed by atoms with Crippen LogP contribution in [0.15, 0.2) is 42.5 Å². The van der Waals surface area contributed by atoms with Crippen LogP contribution in [0.2, 0.25) is 0 Å². The number of amides is 1. The predicted molar refractivity (Wildman–Crippen MR) is 100 cm³/mol. The summed E-state index contributed by atoms with van der Waals surface area (Å²) in [6, 6.07) is 10.9. The molecule has 0 aliphatic carbocycles. The van der Waals surface area contributed by atoms with E-state index in [9.17, 15) is 13.6 Å². The predicted octanol–water partition coefficient (Wildman–Crippen LogP) is 1.71. The van der Waals surface area contributed by atoms with Gasteiger partial charge in [0.1, 0.15) is 17.4 Å². The topological polar surface area (TPSA) is 46.0 Å². The van der Waals surface area contributed by atoms with Gasteiger partial charge in [-0.25, -0.2) is 8.78 Å². The number of nitrogens with zero attached hydrogens (tertiary/aromatic N) is 1. The average molecular weight is 376 g/mol. The van der Waals surface area contributed by atoms with Crippen LogP contribution < -0.4 is 19.9 Å². The minimum Gasteiger partial charge on any atom is -0.492 e. The van der Waals surface area contributed by atoms with Crippen molar-refractivity contribution in [1.29, 1.82) is 0 Å². The van der Waals surface area contributed by atoms with Gasteiger partial charge in [0.25, 0.3) is 5.91 Å². The Labute approximate surface area is 157 Å². The second-order valence-electron chi connectivity index (χ2n) is 6.49. The molecule has 1 amide bonds. The molecule has 2 N–H and O–H groups in total. The highest BCUT2D eigenvalue weighted by Gasteiger charge is 2.24. The minimum atomic E-state index is -0.642. The molecular formula is C20H24F2N3O2+. The number of carbonyl (C=O) groups excluding carboxylic acids is 1. The fraction of sp³-hybridized carbons (Fsp3) is 0.350. The van der Waals surface area contributed by atoms with Gasteiger partial charge >= 0.3 is 0 Å². The molecule has 0 atom stereocenters. The van der Waals surface area contributed by atoms with E-state index in [0.29, 0.717) is 6.61 Å². The number of halogens is 2. The SMILES string of the molecule is CCOc1ccccc1N1CC[NH+](CC(=O)Nc2cc(F)ccc2F)CC1. The molecule has 1 aliphatic rings. The second kappa shape index (κ2) is 8.81. The number of piperazine rings is 1. The first kappa shape index (κ1) is 19.1. The number of anilines is 2. The molecule has 2 aromatic carbocycles. The lowest BCUT2D eigenvalue weighted by molar-refractivity contribution is -0.892. The van der Waals surface area contributed by atoms with E-state index in [1.807, 2.05) is 31.2 Å². The summed E-state index contributed by atoms with van der Waals surface area (Å²) in [5.74, 6) is -0.682. The Morgan fingerprint density at radius 2 is 1.93 bits per heavy atom. The summed E-state index contributed by atoms with van der Waals surface area (Å²) in [5, 5.41) is 2.46. The van der Waals surface area contributed by atoms with Crippen molar-refractivity contribution < 1.29 is 23.2 Å². The van der Waals surface area contributed by atoms with Crippen LogP contribution in [0.1, 0.15) is 6.92 Å². The van der Waals surface area contributed by atoms with Crippen LogP contribution in [0.25, 0.3) is 0 Å². The molecular weight excluding hydrogens is 352 g/mol. The Kier molecular flexibility index (Phi) is 6.24. The van der Waals surface area contributed by atoms with E-state index in [2.05, 4.69) is 10.2 Å². The third-order valence-corrected chi connectivity index (χ3v) is 4.59. The van der Waals surface area contributed by atoms with Crippen LogP contribution in [-0.2, 0) is 4.79 Å². The standard InChI is InChI=1S/C20H23F2N3O2/c1-2-27-19-6-4-3-5-18(19)25-11-9-24(10-12-25)14-20(26)23-17-13-15(21)7-8-16(17)22/h3-8,13H,2,9-12,14H2,1H3,(H,23,26)/p+1. The number of nitrogens with one attached hydrogen (secondary N) is 2. The van der Waals surface area contributed by atoms with Gasteiger partial charge in [0.05, 0.1) is 44.2 Å². The van der Waals surface area contributed by atoms with E-state index in [0.717, 1.165) is 60.7 Å². The van der Waals surface area contributed by atoms with E-state index < -0.39 is 11.6 Å². The van der Waals surface area contributed by atoms with E-state index in [1.54, 1.807) is 0 Å². The number of rotatable bonds is 6. The van der Waals surface area contributed by atoms with Gasteiger partial charge in [-0.05, 0) is 31.2 Å². The summed E-state index contributed by atoms with van der Waals surface area (Å²) in [6.07, 6.45) is 0. The number of quaternary nitrogens is 1. The van der Waals surface area contributed by atoms with Crippen LogP contribution >= 0.6 is 0 Å². The number of carbonyl (C=O) groups is 1. The third kappa shape index (κ3) is 4.95. The van der Waals surface area contributed by atoms with Crippen molar-refractivity contribution in [3.8, 4) is 5.75 Å². The van der Waals surface area contributed by atoms with E-state index in [-0.39, 0.29) is 18.1 Å². The molecule has 1 fully saturated rings. The molecule has 7 heteroatoms. The number of hydrogen-bond donors (Lipinski definition) is 2. The van der Waals surface area contributed by atoms with Gasteiger partial charge in [0.15, 0.2) is 6.54 Å². The molecule has 2 aromatic rings. The number of para-hydroxylation sites is 2. The Bertz CT molecular complexity index is 793. The minimum absolute atomic E-state index is 0.122. The lowest BCUT2D eigenvalue weighted by atomic mass is 10.2. The largest absolute Gasteiger partial charge is 0.492 e. The second-order valence-corrected chi connectivity index (χ2v) is 6.49. The maximum Gasteiger partial charge on any atom is 0.279 e. The Balaban J connectivity index is 1.54. The first-order valence-corrected chi connectivity index (χ1v) is 9.12. The van der Waals surface area contributed by atoms with Crippen LogP contribution in [-0.4, -0.2) is 45.2 Å². The van der Waals surface area contributed by atoms with Gasteiger partial charge in [-0.15, -0.1) is 0 Å². The van der Waals surface area contributed by atoms with Crippen molar-refractivity contribution in [1.82, 2.24) is 0 Å². The van der Waals surface area contributed by atoms with Crippen molar-refractivity contribution >= 4 is 17.3 Å². The molecule has 1 heterocycles. The van der Waals surface area contributed by atoms with Gasteiger partial charge in [-0.3, -0.25) is 4.79 Å². The molecule has 5 nitrogen and oxygen atoms in total. The lowest BCUT2D eigenvalue weighted by Crippen LogP contribution is -3.15. The van der Waals surface area contributed by atoms with Crippen molar-refractivity contribution in [2.45, 2.75) is 6.92 Å². The van der Waals surface area contributed by atoms with Crippen molar-refractivity contribution in [3.63, 3.8) is 0 Å². The van der Waals surface area contributed by atoms with Gasteiger partial charge in [0.2, 0.25) is 0 Å². The summed E-state index contributed by atoms with van der Waals surface area (Å²) in [4.78, 5) is 15.5. The molecule has 0 unspecified atom stereocenters. The highest BCUT2D eigenvalue weighted by molar-refractivity contribution is 5.91. The summed E-state index contributed by atoms with van der Waals surface area (Å²) < 4.78 is 32.5. The maximum atomic E-state index is 13.6. The molecule has 0 bridgehead atoms. The summed E-state index contributed by atoms with van der Waals surface area (Å²) in [6.45, 7) is 5.93. The molecule has 0 spiro atoms. The zero-order valence-electron chi connectivity index (χ0n) is 15.3. The Morgan fingerprint density at radius 3 is 2.67 bits per heavy atom. The smallest absolute Gasteiger partial charge is 0.279 e. The van der Waals surface area contributed by atoms with Crippen LogP contribution in [0, 0.1) is 11.6 Å². The molecule has 144 valence electrons. The van der Waals surface area contributed by atoms with Gasteiger partial charge in [0, 0.05) is 6.07 Å². The van der Waals surface area contributed by atoms with Crippen LogP contribution in [0.5, 0.6) is 5.75 Å². The van der Waals surface area contributed by atoms with Crippen molar-refractivity contribution in [2.75, 3.05) is 49.5 Å². The molecule has 27 heavy (non-hydrogen) atoms. The molecule has 3 rings (SSSR count). The van der Waals surface area contributed by atoms with E-state index in [4.69, 9.17) is 4.74 Å². The zero-order chi connectivity index (χ0) is 19.2. The Hall–Kier alpha value is -2.67. The fourth-order valence-electron chi connectivity index (χ4n) is 3.25. The van der Waals surface area contributed by atoms with Gasteiger partial charge < -0.3 is 19.9 Å². The first-order chi connectivity index (χ1) is 13.1. The highest BCUT2D eigenvalue weighted by Crippen LogP contribution is 2.27. The van der Waals surface area contributed by atoms with Gasteiger partial charge in [-0.1, -0.05) is 12.1 Å². The summed E-state index contributed by atoms with van der Waals surface area (Å²) in [5.41, 5.74) is 0.938. The van der Waals surface area contributed by atoms with E-state index >= 15 is 0 Å². The maximum absolute atomic E-state index is 13.6. The van der Waals surface area contributed by atoms with E-state index in [1.165, 1.54) is 0 Å². The van der Waals surface area contributed by atoms with Crippen molar-refractivity contribution in [3.05, 3.63) is 54.1 Å². The quantitative estimate of drug-likeness (QED) is 0.807. The van der Waals surface area contributed by atoms with Crippen LogP contribution in [0.4, 0.5) is 20.2 Å². The lowest BCUT2D eigenvalue weighted by Gasteiger charge is -2.34. The van der Waals surface area contributed by atoms with Crippen LogP contribution in [0.3, 0.4) is 0 Å². The normalized spacial score (nSPS) is 14.9. The first-order valence-electron chi connectivity index (χ1n) is 9.12.